The SMILES string of the molecule is COC(=O)COC1C(NC(C)=O)C(OCCC(C)C)OC(COC(C)=O)C1OC(C)=O. The molecule has 1 heterocycles. The van der Waals surface area contributed by atoms with E-state index in [4.69, 9.17) is 23.7 Å². The molecule has 1 amide bonds. The summed E-state index contributed by atoms with van der Waals surface area (Å²) in [5.41, 5.74) is 0. The zero-order chi connectivity index (χ0) is 23.6. The van der Waals surface area contributed by atoms with Crippen LogP contribution in [0.4, 0.5) is 0 Å². The molecule has 0 radical (unpaired) electrons. The highest BCUT2D eigenvalue weighted by molar-refractivity contribution is 5.73. The smallest absolute Gasteiger partial charge is 0.331 e. The Morgan fingerprint density at radius 2 is 1.68 bits per heavy atom. The van der Waals surface area contributed by atoms with Gasteiger partial charge in [-0.05, 0) is 12.3 Å². The van der Waals surface area contributed by atoms with Crippen molar-refractivity contribution in [1.82, 2.24) is 5.32 Å². The van der Waals surface area contributed by atoms with Gasteiger partial charge in [0, 0.05) is 20.8 Å². The number of hydrogen-bond donors (Lipinski definition) is 1. The summed E-state index contributed by atoms with van der Waals surface area (Å²) in [6.45, 7) is 7.38. The van der Waals surface area contributed by atoms with Crippen molar-refractivity contribution in [3.63, 3.8) is 0 Å². The normalized spacial score (nSPS) is 25.6. The van der Waals surface area contributed by atoms with Gasteiger partial charge in [-0.15, -0.1) is 0 Å². The van der Waals surface area contributed by atoms with Crippen LogP contribution in [0.3, 0.4) is 0 Å². The number of rotatable bonds is 11. The van der Waals surface area contributed by atoms with Crippen LogP contribution in [0.5, 0.6) is 0 Å². The van der Waals surface area contributed by atoms with Crippen LogP contribution in [0.25, 0.3) is 0 Å². The average Bonchev–Trinajstić information content (AvgIpc) is 2.66. The minimum Gasteiger partial charge on any atom is -0.467 e. The van der Waals surface area contributed by atoms with Gasteiger partial charge < -0.3 is 33.7 Å². The van der Waals surface area contributed by atoms with Crippen LogP contribution in [0.2, 0.25) is 0 Å². The van der Waals surface area contributed by atoms with E-state index in [1.54, 1.807) is 0 Å². The number of esters is 3. The monoisotopic (exact) mass is 447 g/mol. The lowest BCUT2D eigenvalue weighted by atomic mass is 9.96. The maximum Gasteiger partial charge on any atom is 0.331 e. The fourth-order valence-corrected chi connectivity index (χ4v) is 2.94. The molecule has 1 fully saturated rings. The van der Waals surface area contributed by atoms with Crippen molar-refractivity contribution in [3.8, 4) is 0 Å². The summed E-state index contributed by atoms with van der Waals surface area (Å²) in [5, 5.41) is 2.69. The Morgan fingerprint density at radius 3 is 2.19 bits per heavy atom. The standard InChI is InChI=1S/C20H33NO10/c1-11(2)7-8-27-20-17(21-12(3)22)19(29-10-16(25)26-6)18(30-14(5)24)15(31-20)9-28-13(4)23/h11,15,17-20H,7-10H2,1-6H3,(H,21,22). The van der Waals surface area contributed by atoms with Gasteiger partial charge in [-0.2, -0.15) is 0 Å². The third-order valence-corrected chi connectivity index (χ3v) is 4.37. The number of ether oxygens (including phenoxy) is 6. The predicted molar refractivity (Wildman–Crippen MR) is 106 cm³/mol. The maximum absolute atomic E-state index is 11.9. The molecule has 0 aromatic heterocycles. The third kappa shape index (κ3) is 9.62. The Labute approximate surface area is 182 Å². The first-order chi connectivity index (χ1) is 14.5. The van der Waals surface area contributed by atoms with Crippen LogP contribution in [0.1, 0.15) is 41.0 Å². The Bertz CT molecular complexity index is 623. The van der Waals surface area contributed by atoms with Crippen LogP contribution < -0.4 is 5.32 Å². The summed E-state index contributed by atoms with van der Waals surface area (Å²) >= 11 is 0. The molecule has 1 saturated heterocycles. The van der Waals surface area contributed by atoms with Crippen molar-refractivity contribution in [2.75, 3.05) is 26.9 Å². The van der Waals surface area contributed by atoms with Crippen LogP contribution in [0.15, 0.2) is 0 Å². The summed E-state index contributed by atoms with van der Waals surface area (Å²) < 4.78 is 32.5. The molecule has 178 valence electrons. The van der Waals surface area contributed by atoms with Crippen molar-refractivity contribution in [3.05, 3.63) is 0 Å². The van der Waals surface area contributed by atoms with Gasteiger partial charge >= 0.3 is 17.9 Å². The second-order valence-electron chi connectivity index (χ2n) is 7.55. The molecule has 0 bridgehead atoms. The number of nitrogens with one attached hydrogen (secondary N) is 1. The highest BCUT2D eigenvalue weighted by atomic mass is 16.7. The molecule has 0 aliphatic carbocycles. The third-order valence-electron chi connectivity index (χ3n) is 4.37. The molecular formula is C20H33NO10. The van der Waals surface area contributed by atoms with Crippen LogP contribution in [-0.4, -0.2) is 81.4 Å². The fraction of sp³-hybridized carbons (Fsp3) is 0.800. The Balaban J connectivity index is 3.23. The van der Waals surface area contributed by atoms with Gasteiger partial charge in [0.2, 0.25) is 5.91 Å². The number of amides is 1. The van der Waals surface area contributed by atoms with E-state index in [2.05, 4.69) is 10.1 Å². The summed E-state index contributed by atoms with van der Waals surface area (Å²) in [6.07, 6.45) is -3.36. The van der Waals surface area contributed by atoms with E-state index < -0.39 is 61.1 Å². The summed E-state index contributed by atoms with van der Waals surface area (Å²) in [7, 11) is 1.20. The molecule has 5 unspecified atom stereocenters. The Kier molecular flexibility index (Phi) is 11.4. The second-order valence-corrected chi connectivity index (χ2v) is 7.55. The number of carbonyl (C=O) groups is 4. The van der Waals surface area contributed by atoms with Gasteiger partial charge in [0.25, 0.3) is 0 Å². The molecular weight excluding hydrogens is 414 g/mol. The molecule has 5 atom stereocenters. The van der Waals surface area contributed by atoms with E-state index >= 15 is 0 Å². The first-order valence-corrected chi connectivity index (χ1v) is 10.1. The Morgan fingerprint density at radius 1 is 1.00 bits per heavy atom. The van der Waals surface area contributed by atoms with Gasteiger partial charge in [0.05, 0.1) is 13.7 Å². The molecule has 1 N–H and O–H groups in total. The van der Waals surface area contributed by atoms with Crippen molar-refractivity contribution < 1.29 is 47.6 Å². The van der Waals surface area contributed by atoms with Crippen molar-refractivity contribution >= 4 is 23.8 Å². The molecule has 11 heteroatoms. The van der Waals surface area contributed by atoms with Gasteiger partial charge in [-0.3, -0.25) is 14.4 Å². The molecule has 0 saturated carbocycles. The maximum atomic E-state index is 11.9. The average molecular weight is 447 g/mol. The largest absolute Gasteiger partial charge is 0.467 e. The van der Waals surface area contributed by atoms with E-state index in [0.29, 0.717) is 12.5 Å². The lowest BCUT2D eigenvalue weighted by Gasteiger charge is -2.45. The molecule has 0 aromatic rings. The molecule has 31 heavy (non-hydrogen) atoms. The summed E-state index contributed by atoms with van der Waals surface area (Å²) in [5.74, 6) is -1.91. The second kappa shape index (κ2) is 13.2. The lowest BCUT2D eigenvalue weighted by Crippen LogP contribution is -2.66. The molecule has 1 aliphatic heterocycles. The van der Waals surface area contributed by atoms with Gasteiger partial charge in [-0.1, -0.05) is 13.8 Å². The molecule has 0 spiro atoms. The number of hydrogen-bond acceptors (Lipinski definition) is 10. The highest BCUT2D eigenvalue weighted by Gasteiger charge is 2.50. The van der Waals surface area contributed by atoms with Crippen molar-refractivity contribution in [2.24, 2.45) is 5.92 Å². The minimum absolute atomic E-state index is 0.248. The van der Waals surface area contributed by atoms with Gasteiger partial charge in [0.1, 0.15) is 31.5 Å². The van der Waals surface area contributed by atoms with E-state index in [1.165, 1.54) is 27.9 Å². The summed E-state index contributed by atoms with van der Waals surface area (Å²) in [4.78, 5) is 46.6. The first kappa shape index (κ1) is 26.8. The highest BCUT2D eigenvalue weighted by Crippen LogP contribution is 2.28. The van der Waals surface area contributed by atoms with Crippen LogP contribution >= 0.6 is 0 Å². The first-order valence-electron chi connectivity index (χ1n) is 10.1. The van der Waals surface area contributed by atoms with Gasteiger partial charge in [0.15, 0.2) is 12.4 Å². The van der Waals surface area contributed by atoms with Crippen molar-refractivity contribution in [2.45, 2.75) is 71.7 Å². The minimum atomic E-state index is -1.09. The number of carbonyl (C=O) groups excluding carboxylic acids is 4. The fourth-order valence-electron chi connectivity index (χ4n) is 2.94. The van der Waals surface area contributed by atoms with E-state index in [9.17, 15) is 19.2 Å². The molecule has 11 nitrogen and oxygen atoms in total. The topological polar surface area (TPSA) is 136 Å². The quantitative estimate of drug-likeness (QED) is 0.349. The van der Waals surface area contributed by atoms with Crippen LogP contribution in [0, 0.1) is 5.92 Å². The van der Waals surface area contributed by atoms with E-state index in [-0.39, 0.29) is 6.61 Å². The predicted octanol–water partition coefficient (Wildman–Crippen LogP) is 0.332. The lowest BCUT2D eigenvalue weighted by molar-refractivity contribution is -0.281. The number of methoxy groups -OCH3 is 1. The Hall–Kier alpha value is -2.24. The zero-order valence-electron chi connectivity index (χ0n) is 18.9. The van der Waals surface area contributed by atoms with Crippen LogP contribution in [-0.2, 0) is 47.6 Å². The van der Waals surface area contributed by atoms with E-state index in [1.807, 2.05) is 13.8 Å². The van der Waals surface area contributed by atoms with E-state index in [0.717, 1.165) is 6.42 Å². The zero-order valence-corrected chi connectivity index (χ0v) is 18.9. The molecule has 1 aliphatic rings. The van der Waals surface area contributed by atoms with Gasteiger partial charge in [-0.25, -0.2) is 4.79 Å². The molecule has 0 aromatic carbocycles. The molecule has 1 rings (SSSR count). The summed E-state index contributed by atoms with van der Waals surface area (Å²) in [6, 6.07) is -0.910. The van der Waals surface area contributed by atoms with Crippen molar-refractivity contribution in [1.29, 1.82) is 0 Å².